The zero-order valence-electron chi connectivity index (χ0n) is 11.1. The minimum absolute atomic E-state index is 0.119. The summed E-state index contributed by atoms with van der Waals surface area (Å²) in [6.45, 7) is 8.06. The molecule has 1 amide bonds. The van der Waals surface area contributed by atoms with Gasteiger partial charge in [-0.25, -0.2) is 0 Å². The molecule has 1 aromatic carbocycles. The minimum Gasteiger partial charge on any atom is -0.505 e. The molecule has 0 aliphatic carbocycles. The quantitative estimate of drug-likeness (QED) is 0.848. The molecule has 0 unspecified atom stereocenters. The van der Waals surface area contributed by atoms with E-state index in [4.69, 9.17) is 0 Å². The van der Waals surface area contributed by atoms with Crippen LogP contribution in [0.3, 0.4) is 0 Å². The Morgan fingerprint density at radius 2 is 1.90 bits per heavy atom. The van der Waals surface area contributed by atoms with E-state index in [0.29, 0.717) is 24.0 Å². The molecule has 0 aliphatic rings. The van der Waals surface area contributed by atoms with Gasteiger partial charge in [0.25, 0.3) is 5.91 Å². The van der Waals surface area contributed by atoms with E-state index < -0.39 is 0 Å². The number of rotatable bonds is 5. The summed E-state index contributed by atoms with van der Waals surface area (Å²) in [5.74, 6) is -0.382. The fourth-order valence-corrected chi connectivity index (χ4v) is 2.07. The number of amides is 1. The molecule has 0 bridgehead atoms. The second-order valence-corrected chi connectivity index (χ2v) is 4.32. The number of para-hydroxylation sites is 1. The van der Waals surface area contributed by atoms with Gasteiger partial charge in [0.2, 0.25) is 0 Å². The van der Waals surface area contributed by atoms with Gasteiger partial charge in [0.05, 0.1) is 17.3 Å². The van der Waals surface area contributed by atoms with Crippen LogP contribution in [0.5, 0.6) is 5.75 Å². The van der Waals surface area contributed by atoms with Crippen LogP contribution in [0.2, 0.25) is 0 Å². The Morgan fingerprint density at radius 3 is 2.55 bits per heavy atom. The summed E-state index contributed by atoms with van der Waals surface area (Å²) in [5.41, 5.74) is 0.935. The molecule has 1 heterocycles. The number of hydrogen-bond acceptors (Lipinski definition) is 3. The number of hydrogen-bond donors (Lipinski definition) is 1. The van der Waals surface area contributed by atoms with Crippen molar-refractivity contribution in [3.63, 3.8) is 0 Å². The van der Waals surface area contributed by atoms with Crippen molar-refractivity contribution in [1.29, 1.82) is 0 Å². The maximum absolute atomic E-state index is 12.6. The Kier molecular flexibility index (Phi) is 4.15. The topological polar surface area (TPSA) is 53.4 Å². The Bertz CT molecular complexity index is 655. The average Bonchev–Trinajstić information content (AvgIpc) is 2.46. The molecule has 1 aromatic heterocycles. The Hall–Kier alpha value is -2.62. The number of carbonyl (C=O) groups is 1. The van der Waals surface area contributed by atoms with Crippen molar-refractivity contribution in [2.24, 2.45) is 0 Å². The van der Waals surface area contributed by atoms with Crippen LogP contribution >= 0.6 is 0 Å². The van der Waals surface area contributed by atoms with Crippen molar-refractivity contribution in [2.75, 3.05) is 13.1 Å². The van der Waals surface area contributed by atoms with Gasteiger partial charge in [-0.15, -0.1) is 13.2 Å². The average molecular weight is 268 g/mol. The summed E-state index contributed by atoms with van der Waals surface area (Å²) in [6, 6.07) is 7.23. The van der Waals surface area contributed by atoms with Gasteiger partial charge in [0, 0.05) is 18.5 Å². The maximum atomic E-state index is 12.6. The highest BCUT2D eigenvalue weighted by molar-refractivity contribution is 6.08. The second kappa shape index (κ2) is 6.02. The summed E-state index contributed by atoms with van der Waals surface area (Å²) in [5, 5.41) is 10.6. The highest BCUT2D eigenvalue weighted by atomic mass is 16.3. The molecule has 1 N–H and O–H groups in total. The van der Waals surface area contributed by atoms with Crippen molar-refractivity contribution < 1.29 is 9.90 Å². The summed E-state index contributed by atoms with van der Waals surface area (Å²) < 4.78 is 0. The van der Waals surface area contributed by atoms with E-state index in [1.54, 1.807) is 29.2 Å². The highest BCUT2D eigenvalue weighted by Crippen LogP contribution is 2.26. The third-order valence-corrected chi connectivity index (χ3v) is 2.96. The number of fused-ring (bicyclic) bond motifs is 1. The van der Waals surface area contributed by atoms with Gasteiger partial charge >= 0.3 is 0 Å². The first-order valence-corrected chi connectivity index (χ1v) is 6.26. The standard InChI is InChI=1S/C16H16N2O2/c1-3-9-18(10-4-2)16(20)15-12-7-5-6-8-13(12)17-11-14(15)19/h3-8,11,19H,1-2,9-10H2. The first-order valence-electron chi connectivity index (χ1n) is 6.26. The zero-order chi connectivity index (χ0) is 14.5. The lowest BCUT2D eigenvalue weighted by Gasteiger charge is -2.20. The molecule has 4 nitrogen and oxygen atoms in total. The molecule has 0 saturated heterocycles. The van der Waals surface area contributed by atoms with Crippen molar-refractivity contribution in [1.82, 2.24) is 9.88 Å². The van der Waals surface area contributed by atoms with Crippen LogP contribution in [-0.2, 0) is 0 Å². The lowest BCUT2D eigenvalue weighted by molar-refractivity contribution is 0.0790. The summed E-state index contributed by atoms with van der Waals surface area (Å²) in [7, 11) is 0. The molecule has 0 atom stereocenters. The van der Waals surface area contributed by atoms with E-state index in [0.717, 1.165) is 0 Å². The van der Waals surface area contributed by atoms with E-state index in [-0.39, 0.29) is 17.2 Å². The minimum atomic E-state index is -0.263. The van der Waals surface area contributed by atoms with Gasteiger partial charge < -0.3 is 10.0 Å². The number of aromatic hydroxyl groups is 1. The first-order chi connectivity index (χ1) is 9.69. The van der Waals surface area contributed by atoms with E-state index >= 15 is 0 Å². The predicted octanol–water partition coefficient (Wildman–Crippen LogP) is 2.75. The molecule has 0 radical (unpaired) electrons. The fraction of sp³-hybridized carbons (Fsp3) is 0.125. The normalized spacial score (nSPS) is 10.2. The van der Waals surface area contributed by atoms with E-state index in [1.807, 2.05) is 12.1 Å². The Morgan fingerprint density at radius 1 is 1.25 bits per heavy atom. The molecule has 2 rings (SSSR count). The summed E-state index contributed by atoms with van der Waals surface area (Å²) in [4.78, 5) is 18.3. The molecule has 0 aliphatic heterocycles. The smallest absolute Gasteiger partial charge is 0.258 e. The van der Waals surface area contributed by atoms with Gasteiger partial charge in [-0.05, 0) is 6.07 Å². The molecule has 0 saturated carbocycles. The Balaban J connectivity index is 2.55. The number of benzene rings is 1. The van der Waals surface area contributed by atoms with Crippen LogP contribution in [0.15, 0.2) is 55.8 Å². The summed E-state index contributed by atoms with van der Waals surface area (Å²) >= 11 is 0. The van der Waals surface area contributed by atoms with Gasteiger partial charge in [0.1, 0.15) is 5.75 Å². The number of nitrogens with zero attached hydrogens (tertiary/aromatic N) is 2. The van der Waals surface area contributed by atoms with Crippen molar-refractivity contribution in [3.8, 4) is 5.75 Å². The lowest BCUT2D eigenvalue weighted by atomic mass is 10.1. The number of pyridine rings is 1. The second-order valence-electron chi connectivity index (χ2n) is 4.32. The van der Waals surface area contributed by atoms with E-state index in [1.165, 1.54) is 6.20 Å². The fourth-order valence-electron chi connectivity index (χ4n) is 2.07. The van der Waals surface area contributed by atoms with E-state index in [2.05, 4.69) is 18.1 Å². The molecule has 4 heteroatoms. The molecular formula is C16H16N2O2. The molecule has 2 aromatic rings. The lowest BCUT2D eigenvalue weighted by Crippen LogP contribution is -2.31. The molecular weight excluding hydrogens is 252 g/mol. The Labute approximate surface area is 117 Å². The van der Waals surface area contributed by atoms with Gasteiger partial charge in [-0.3, -0.25) is 9.78 Å². The number of carbonyl (C=O) groups excluding carboxylic acids is 1. The first kappa shape index (κ1) is 13.8. The van der Waals surface area contributed by atoms with Crippen molar-refractivity contribution >= 4 is 16.8 Å². The maximum Gasteiger partial charge on any atom is 0.258 e. The van der Waals surface area contributed by atoms with Crippen LogP contribution in [0, 0.1) is 0 Å². The number of aromatic nitrogens is 1. The van der Waals surface area contributed by atoms with Crippen LogP contribution in [-0.4, -0.2) is 34.0 Å². The third-order valence-electron chi connectivity index (χ3n) is 2.96. The van der Waals surface area contributed by atoms with Gasteiger partial charge in [-0.1, -0.05) is 30.4 Å². The molecule has 0 fully saturated rings. The van der Waals surface area contributed by atoms with Crippen LogP contribution in [0.4, 0.5) is 0 Å². The monoisotopic (exact) mass is 268 g/mol. The highest BCUT2D eigenvalue weighted by Gasteiger charge is 2.20. The SMILES string of the molecule is C=CCN(CC=C)C(=O)c1c(O)cnc2ccccc12. The van der Waals surface area contributed by atoms with E-state index in [9.17, 15) is 9.90 Å². The third kappa shape index (κ3) is 2.54. The van der Waals surface area contributed by atoms with Crippen molar-refractivity contribution in [2.45, 2.75) is 0 Å². The molecule has 0 spiro atoms. The summed E-state index contributed by atoms with van der Waals surface area (Å²) in [6.07, 6.45) is 4.58. The van der Waals surface area contributed by atoms with Gasteiger partial charge in [-0.2, -0.15) is 0 Å². The zero-order valence-corrected chi connectivity index (χ0v) is 11.1. The molecule has 20 heavy (non-hydrogen) atoms. The van der Waals surface area contributed by atoms with Crippen LogP contribution in [0.1, 0.15) is 10.4 Å². The van der Waals surface area contributed by atoms with Crippen LogP contribution < -0.4 is 0 Å². The van der Waals surface area contributed by atoms with Crippen molar-refractivity contribution in [3.05, 3.63) is 61.3 Å². The van der Waals surface area contributed by atoms with Crippen LogP contribution in [0.25, 0.3) is 10.9 Å². The molecule has 102 valence electrons. The van der Waals surface area contributed by atoms with Gasteiger partial charge in [0.15, 0.2) is 0 Å². The predicted molar refractivity (Wildman–Crippen MR) is 79.7 cm³/mol. The largest absolute Gasteiger partial charge is 0.505 e.